The van der Waals surface area contributed by atoms with E-state index in [4.69, 9.17) is 4.74 Å². The van der Waals surface area contributed by atoms with Crippen molar-refractivity contribution in [2.45, 2.75) is 19.4 Å². The van der Waals surface area contributed by atoms with Crippen LogP contribution in [0.2, 0.25) is 0 Å². The molecule has 0 saturated heterocycles. The van der Waals surface area contributed by atoms with Crippen molar-refractivity contribution >= 4 is 35.0 Å². The maximum Gasteiger partial charge on any atom is 0.265 e. The zero-order valence-corrected chi connectivity index (χ0v) is 11.7. The number of rotatable bonds is 4. The minimum atomic E-state index is -0.491. The lowest BCUT2D eigenvalue weighted by Gasteiger charge is -2.23. The number of carbonyl (C=O) groups is 2. The van der Waals surface area contributed by atoms with Gasteiger partial charge in [-0.15, -0.1) is 0 Å². The van der Waals surface area contributed by atoms with Gasteiger partial charge in [-0.2, -0.15) is 11.8 Å². The highest BCUT2D eigenvalue weighted by Gasteiger charge is 2.23. The fourth-order valence-electron chi connectivity index (χ4n) is 1.70. The van der Waals surface area contributed by atoms with Gasteiger partial charge in [0.15, 0.2) is 6.10 Å². The van der Waals surface area contributed by atoms with Gasteiger partial charge in [-0.3, -0.25) is 9.59 Å². The van der Waals surface area contributed by atoms with Crippen LogP contribution >= 0.6 is 11.8 Å². The number of ether oxygens (including phenoxy) is 1. The van der Waals surface area contributed by atoms with Crippen molar-refractivity contribution in [2.24, 2.45) is 0 Å². The number of carbonyl (C=O) groups excluding carboxylic acids is 2. The van der Waals surface area contributed by atoms with Gasteiger partial charge >= 0.3 is 0 Å². The van der Waals surface area contributed by atoms with E-state index in [2.05, 4.69) is 10.6 Å². The van der Waals surface area contributed by atoms with E-state index in [1.54, 1.807) is 36.9 Å². The van der Waals surface area contributed by atoms with E-state index in [0.717, 1.165) is 5.75 Å². The Bertz CT molecular complexity index is 505. The molecule has 2 rings (SSSR count). The molecule has 0 aromatic heterocycles. The average Bonchev–Trinajstić information content (AvgIpc) is 2.38. The molecule has 19 heavy (non-hydrogen) atoms. The van der Waals surface area contributed by atoms with Crippen LogP contribution in [0.1, 0.15) is 13.3 Å². The van der Waals surface area contributed by atoms with Gasteiger partial charge in [0, 0.05) is 17.9 Å². The maximum absolute atomic E-state index is 11.6. The lowest BCUT2D eigenvalue weighted by atomic mass is 10.2. The highest BCUT2D eigenvalue weighted by Crippen LogP contribution is 2.32. The molecule has 102 valence electrons. The minimum absolute atomic E-state index is 0.0364. The molecule has 1 aromatic rings. The van der Waals surface area contributed by atoms with Crippen LogP contribution in [0.15, 0.2) is 18.2 Å². The third-order valence-corrected chi connectivity index (χ3v) is 3.34. The number of amides is 2. The second kappa shape index (κ2) is 5.97. The normalized spacial score (nSPS) is 17.2. The zero-order valence-electron chi connectivity index (χ0n) is 10.9. The summed E-state index contributed by atoms with van der Waals surface area (Å²) in [4.78, 5) is 23.1. The summed E-state index contributed by atoms with van der Waals surface area (Å²) in [6.07, 6.45) is 1.94. The Hall–Kier alpha value is -1.69. The monoisotopic (exact) mass is 280 g/mol. The predicted molar refractivity (Wildman–Crippen MR) is 76.8 cm³/mol. The maximum atomic E-state index is 11.6. The molecular formula is C13H16N2O3S. The molecule has 0 radical (unpaired) electrons. The predicted octanol–water partition coefficient (Wildman–Crippen LogP) is 2.10. The Morgan fingerprint density at radius 3 is 3.05 bits per heavy atom. The molecule has 1 heterocycles. The fourth-order valence-corrected chi connectivity index (χ4v) is 2.09. The van der Waals surface area contributed by atoms with E-state index in [1.807, 2.05) is 6.26 Å². The molecule has 0 spiro atoms. The van der Waals surface area contributed by atoms with E-state index < -0.39 is 6.10 Å². The third-order valence-electron chi connectivity index (χ3n) is 2.73. The van der Waals surface area contributed by atoms with Crippen molar-refractivity contribution in [1.82, 2.24) is 0 Å². The van der Waals surface area contributed by atoms with Crippen LogP contribution in [-0.4, -0.2) is 29.9 Å². The van der Waals surface area contributed by atoms with Gasteiger partial charge in [0.2, 0.25) is 5.91 Å². The van der Waals surface area contributed by atoms with Crippen molar-refractivity contribution in [3.8, 4) is 5.75 Å². The molecule has 1 aliphatic rings. The van der Waals surface area contributed by atoms with Gasteiger partial charge in [-0.05, 0) is 31.4 Å². The molecule has 2 amide bonds. The average molecular weight is 280 g/mol. The number of fused-ring (bicyclic) bond motifs is 1. The minimum Gasteiger partial charge on any atom is -0.479 e. The van der Waals surface area contributed by atoms with E-state index in [9.17, 15) is 9.59 Å². The molecule has 5 nitrogen and oxygen atoms in total. The first kappa shape index (κ1) is 13.7. The van der Waals surface area contributed by atoms with Gasteiger partial charge in [0.05, 0.1) is 5.69 Å². The highest BCUT2D eigenvalue weighted by atomic mass is 32.2. The quantitative estimate of drug-likeness (QED) is 0.886. The first-order valence-electron chi connectivity index (χ1n) is 6.00. The molecule has 0 fully saturated rings. The Balaban J connectivity index is 2.07. The highest BCUT2D eigenvalue weighted by molar-refractivity contribution is 7.98. The summed E-state index contributed by atoms with van der Waals surface area (Å²) in [5.41, 5.74) is 1.24. The van der Waals surface area contributed by atoms with Crippen molar-refractivity contribution in [1.29, 1.82) is 0 Å². The summed E-state index contributed by atoms with van der Waals surface area (Å²) in [6, 6.07) is 5.21. The standard InChI is InChI=1S/C13H16N2O3S/c1-8-13(17)15-10-7-9(3-4-11(10)18-8)14-12(16)5-6-19-2/h3-4,7-8H,5-6H2,1-2H3,(H,14,16)(H,15,17). The first-order valence-corrected chi connectivity index (χ1v) is 7.40. The van der Waals surface area contributed by atoms with Crippen LogP contribution in [0.25, 0.3) is 0 Å². The number of anilines is 2. The van der Waals surface area contributed by atoms with E-state index in [1.165, 1.54) is 0 Å². The molecule has 0 saturated carbocycles. The van der Waals surface area contributed by atoms with Gasteiger partial charge in [0.25, 0.3) is 5.91 Å². The largest absolute Gasteiger partial charge is 0.479 e. The zero-order chi connectivity index (χ0) is 13.8. The van der Waals surface area contributed by atoms with E-state index in [-0.39, 0.29) is 11.8 Å². The van der Waals surface area contributed by atoms with Crippen LogP contribution < -0.4 is 15.4 Å². The molecule has 1 aliphatic heterocycles. The number of benzene rings is 1. The Kier molecular flexibility index (Phi) is 4.31. The van der Waals surface area contributed by atoms with Crippen LogP contribution in [0.3, 0.4) is 0 Å². The molecule has 1 atom stereocenters. The Morgan fingerprint density at radius 2 is 2.32 bits per heavy atom. The molecule has 0 aliphatic carbocycles. The summed E-state index contributed by atoms with van der Waals surface area (Å²) in [5.74, 6) is 1.19. The molecule has 6 heteroatoms. The smallest absolute Gasteiger partial charge is 0.265 e. The van der Waals surface area contributed by atoms with Crippen LogP contribution in [-0.2, 0) is 9.59 Å². The summed E-state index contributed by atoms with van der Waals surface area (Å²) in [7, 11) is 0. The summed E-state index contributed by atoms with van der Waals surface area (Å²) >= 11 is 1.63. The molecular weight excluding hydrogens is 264 g/mol. The third kappa shape index (κ3) is 3.41. The molecule has 0 bridgehead atoms. The molecule has 2 N–H and O–H groups in total. The Morgan fingerprint density at radius 1 is 1.53 bits per heavy atom. The SMILES string of the molecule is CSCCC(=O)Nc1ccc2c(c1)NC(=O)C(C)O2. The van der Waals surface area contributed by atoms with Crippen LogP contribution in [0.5, 0.6) is 5.75 Å². The van der Waals surface area contributed by atoms with Crippen molar-refractivity contribution in [3.63, 3.8) is 0 Å². The van der Waals surface area contributed by atoms with Gasteiger partial charge in [0.1, 0.15) is 5.75 Å². The summed E-state index contributed by atoms with van der Waals surface area (Å²) in [5, 5.41) is 5.54. The topological polar surface area (TPSA) is 67.4 Å². The van der Waals surface area contributed by atoms with Crippen molar-refractivity contribution in [3.05, 3.63) is 18.2 Å². The summed E-state index contributed by atoms with van der Waals surface area (Å²) < 4.78 is 5.44. The molecule has 1 aromatic carbocycles. The Labute approximate surface area is 116 Å². The summed E-state index contributed by atoms with van der Waals surface area (Å²) in [6.45, 7) is 1.69. The van der Waals surface area contributed by atoms with Crippen molar-refractivity contribution < 1.29 is 14.3 Å². The second-order valence-electron chi connectivity index (χ2n) is 4.25. The first-order chi connectivity index (χ1) is 9.10. The number of hydrogen-bond donors (Lipinski definition) is 2. The van der Waals surface area contributed by atoms with Gasteiger partial charge < -0.3 is 15.4 Å². The van der Waals surface area contributed by atoms with Gasteiger partial charge in [-0.1, -0.05) is 0 Å². The van der Waals surface area contributed by atoms with Crippen molar-refractivity contribution in [2.75, 3.05) is 22.6 Å². The molecule has 1 unspecified atom stereocenters. The second-order valence-corrected chi connectivity index (χ2v) is 5.24. The van der Waals surface area contributed by atoms with Crippen LogP contribution in [0, 0.1) is 0 Å². The number of hydrogen-bond acceptors (Lipinski definition) is 4. The van der Waals surface area contributed by atoms with Gasteiger partial charge in [-0.25, -0.2) is 0 Å². The van der Waals surface area contributed by atoms with E-state index >= 15 is 0 Å². The lowest BCUT2D eigenvalue weighted by molar-refractivity contribution is -0.122. The fraction of sp³-hybridized carbons (Fsp3) is 0.385. The van der Waals surface area contributed by atoms with E-state index in [0.29, 0.717) is 23.5 Å². The number of thioether (sulfide) groups is 1. The number of nitrogens with one attached hydrogen (secondary N) is 2. The lowest BCUT2D eigenvalue weighted by Crippen LogP contribution is -2.34. The van der Waals surface area contributed by atoms with Crippen LogP contribution in [0.4, 0.5) is 11.4 Å².